The topological polar surface area (TPSA) is 38.5 Å². The summed E-state index contributed by atoms with van der Waals surface area (Å²) in [5.41, 5.74) is 2.87. The van der Waals surface area contributed by atoms with Crippen molar-refractivity contribution < 1.29 is 9.26 Å². The van der Waals surface area contributed by atoms with Crippen LogP contribution in [-0.2, 0) is 11.2 Å². The summed E-state index contributed by atoms with van der Waals surface area (Å²) in [5.74, 6) is 0.631. The summed E-state index contributed by atoms with van der Waals surface area (Å²) in [5, 5.41) is 4.15. The van der Waals surface area contributed by atoms with Crippen molar-refractivity contribution in [2.24, 2.45) is 0 Å². The SMILES string of the molecule is CCOCC12CCCN1C1Cc3nocc3C1C2. The number of nitrogens with zero attached hydrogens (tertiary/aromatic N) is 2. The monoisotopic (exact) mass is 248 g/mol. The van der Waals surface area contributed by atoms with Gasteiger partial charge in [0.1, 0.15) is 6.26 Å². The highest BCUT2D eigenvalue weighted by Crippen LogP contribution is 2.53. The zero-order valence-corrected chi connectivity index (χ0v) is 10.9. The van der Waals surface area contributed by atoms with Crippen LogP contribution in [0.3, 0.4) is 0 Å². The fourth-order valence-electron chi connectivity index (χ4n) is 4.46. The van der Waals surface area contributed by atoms with E-state index in [-0.39, 0.29) is 0 Å². The molecule has 0 amide bonds. The first-order valence-corrected chi connectivity index (χ1v) is 7.12. The van der Waals surface area contributed by atoms with E-state index in [9.17, 15) is 0 Å². The van der Waals surface area contributed by atoms with Crippen LogP contribution >= 0.6 is 0 Å². The van der Waals surface area contributed by atoms with Crippen molar-refractivity contribution in [3.8, 4) is 0 Å². The van der Waals surface area contributed by atoms with E-state index in [2.05, 4.69) is 17.0 Å². The highest BCUT2D eigenvalue weighted by molar-refractivity contribution is 5.34. The number of hydrogen-bond donors (Lipinski definition) is 0. The third-order valence-electron chi connectivity index (χ3n) is 5.17. The number of aromatic nitrogens is 1. The van der Waals surface area contributed by atoms with Crippen molar-refractivity contribution in [2.45, 2.75) is 50.1 Å². The molecule has 0 N–H and O–H groups in total. The molecule has 3 aliphatic rings. The van der Waals surface area contributed by atoms with E-state index >= 15 is 0 Å². The van der Waals surface area contributed by atoms with Gasteiger partial charge < -0.3 is 9.26 Å². The number of hydrogen-bond acceptors (Lipinski definition) is 4. The summed E-state index contributed by atoms with van der Waals surface area (Å²) in [7, 11) is 0. The van der Waals surface area contributed by atoms with Crippen molar-refractivity contribution in [3.05, 3.63) is 17.5 Å². The maximum atomic E-state index is 5.78. The minimum atomic E-state index is 0.306. The molecule has 4 rings (SSSR count). The molecule has 3 atom stereocenters. The van der Waals surface area contributed by atoms with Gasteiger partial charge in [-0.05, 0) is 32.7 Å². The van der Waals surface area contributed by atoms with Crippen LogP contribution in [0.15, 0.2) is 10.8 Å². The maximum absolute atomic E-state index is 5.78. The number of fused-ring (bicyclic) bond motifs is 5. The quantitative estimate of drug-likeness (QED) is 0.819. The molecule has 18 heavy (non-hydrogen) atoms. The van der Waals surface area contributed by atoms with Gasteiger partial charge >= 0.3 is 0 Å². The molecule has 98 valence electrons. The summed E-state index contributed by atoms with van der Waals surface area (Å²) in [6, 6.07) is 0.654. The lowest BCUT2D eigenvalue weighted by molar-refractivity contribution is 0.0294. The molecule has 0 aromatic carbocycles. The first-order valence-electron chi connectivity index (χ1n) is 7.12. The highest BCUT2D eigenvalue weighted by atomic mass is 16.5. The van der Waals surface area contributed by atoms with E-state index < -0.39 is 0 Å². The Kier molecular flexibility index (Phi) is 2.33. The van der Waals surface area contributed by atoms with Gasteiger partial charge in [-0.1, -0.05) is 5.16 Å². The third kappa shape index (κ3) is 1.30. The van der Waals surface area contributed by atoms with Gasteiger partial charge in [0, 0.05) is 36.1 Å². The third-order valence-corrected chi connectivity index (χ3v) is 5.17. The molecular formula is C14H20N2O2. The Bertz CT molecular complexity index is 458. The van der Waals surface area contributed by atoms with Gasteiger partial charge in [-0.25, -0.2) is 0 Å². The average Bonchev–Trinajstić information content (AvgIpc) is 3.04. The zero-order chi connectivity index (χ0) is 12.2. The van der Waals surface area contributed by atoms with E-state index in [0.717, 1.165) is 19.6 Å². The van der Waals surface area contributed by atoms with Crippen molar-refractivity contribution in [1.82, 2.24) is 10.1 Å². The highest BCUT2D eigenvalue weighted by Gasteiger charge is 2.57. The van der Waals surface area contributed by atoms with Gasteiger partial charge in [0.15, 0.2) is 0 Å². The van der Waals surface area contributed by atoms with Gasteiger partial charge in [-0.3, -0.25) is 4.90 Å². The zero-order valence-electron chi connectivity index (χ0n) is 10.9. The molecule has 2 fully saturated rings. The molecule has 2 aliphatic heterocycles. The largest absolute Gasteiger partial charge is 0.380 e. The van der Waals surface area contributed by atoms with Crippen molar-refractivity contribution in [2.75, 3.05) is 19.8 Å². The predicted octanol–water partition coefficient (Wildman–Crippen LogP) is 1.96. The Morgan fingerprint density at radius 3 is 3.44 bits per heavy atom. The van der Waals surface area contributed by atoms with Crippen molar-refractivity contribution in [1.29, 1.82) is 0 Å². The summed E-state index contributed by atoms with van der Waals surface area (Å²) in [6.07, 6.45) is 6.78. The summed E-state index contributed by atoms with van der Waals surface area (Å²) in [4.78, 5) is 2.72. The normalized spacial score (nSPS) is 37.8. The minimum absolute atomic E-state index is 0.306. The molecular weight excluding hydrogens is 228 g/mol. The molecule has 1 aromatic heterocycles. The number of rotatable bonds is 3. The van der Waals surface area contributed by atoms with Crippen LogP contribution in [-0.4, -0.2) is 41.4 Å². The molecule has 0 saturated carbocycles. The molecule has 3 unspecified atom stereocenters. The second-order valence-corrected chi connectivity index (χ2v) is 5.96. The lowest BCUT2D eigenvalue weighted by atomic mass is 9.88. The van der Waals surface area contributed by atoms with Gasteiger partial charge in [-0.2, -0.15) is 0 Å². The minimum Gasteiger partial charge on any atom is -0.380 e. The fourth-order valence-corrected chi connectivity index (χ4v) is 4.46. The van der Waals surface area contributed by atoms with Crippen LogP contribution in [0.5, 0.6) is 0 Å². The summed E-state index contributed by atoms with van der Waals surface area (Å²) < 4.78 is 10.9. The molecule has 0 radical (unpaired) electrons. The second-order valence-electron chi connectivity index (χ2n) is 5.96. The molecule has 1 aromatic rings. The Morgan fingerprint density at radius 2 is 2.56 bits per heavy atom. The molecule has 1 aliphatic carbocycles. The Morgan fingerprint density at radius 1 is 1.61 bits per heavy atom. The second kappa shape index (κ2) is 3.81. The van der Waals surface area contributed by atoms with Gasteiger partial charge in [0.25, 0.3) is 0 Å². The van der Waals surface area contributed by atoms with E-state index in [0.29, 0.717) is 17.5 Å². The summed E-state index contributed by atoms with van der Waals surface area (Å²) >= 11 is 0. The van der Waals surface area contributed by atoms with Crippen LogP contribution in [0.25, 0.3) is 0 Å². The Labute approximate surface area is 107 Å². The van der Waals surface area contributed by atoms with E-state index in [1.165, 1.54) is 37.1 Å². The molecule has 0 bridgehead atoms. The first kappa shape index (κ1) is 11.0. The smallest absolute Gasteiger partial charge is 0.127 e. The molecule has 2 saturated heterocycles. The predicted molar refractivity (Wildman–Crippen MR) is 66.5 cm³/mol. The molecule has 4 nitrogen and oxygen atoms in total. The van der Waals surface area contributed by atoms with Crippen LogP contribution in [0.1, 0.15) is 43.4 Å². The van der Waals surface area contributed by atoms with Gasteiger partial charge in [0.2, 0.25) is 0 Å². The molecule has 4 heteroatoms. The lowest BCUT2D eigenvalue weighted by Crippen LogP contribution is -2.46. The first-order chi connectivity index (χ1) is 8.84. The lowest BCUT2D eigenvalue weighted by Gasteiger charge is -2.34. The fraction of sp³-hybridized carbons (Fsp3) is 0.786. The van der Waals surface area contributed by atoms with Crippen molar-refractivity contribution >= 4 is 0 Å². The molecule has 0 spiro atoms. The Hall–Kier alpha value is -0.870. The molecule has 3 heterocycles. The van der Waals surface area contributed by atoms with E-state index in [4.69, 9.17) is 9.26 Å². The van der Waals surface area contributed by atoms with Crippen LogP contribution in [0, 0.1) is 0 Å². The van der Waals surface area contributed by atoms with Crippen LogP contribution < -0.4 is 0 Å². The van der Waals surface area contributed by atoms with Gasteiger partial charge in [-0.15, -0.1) is 0 Å². The van der Waals surface area contributed by atoms with E-state index in [1.807, 2.05) is 6.26 Å². The van der Waals surface area contributed by atoms with Crippen LogP contribution in [0.2, 0.25) is 0 Å². The maximum Gasteiger partial charge on any atom is 0.127 e. The Balaban J connectivity index is 1.64. The van der Waals surface area contributed by atoms with Crippen molar-refractivity contribution in [3.63, 3.8) is 0 Å². The van der Waals surface area contributed by atoms with Gasteiger partial charge in [0.05, 0.1) is 12.3 Å². The standard InChI is InChI=1S/C14H20N2O2/c1-2-17-9-14-4-3-5-16(14)13-6-12-11(8-18-15-12)10(13)7-14/h8,10,13H,2-7,9H2,1H3. The van der Waals surface area contributed by atoms with E-state index in [1.54, 1.807) is 0 Å². The average molecular weight is 248 g/mol. The number of ether oxygens (including phenoxy) is 1. The summed E-state index contributed by atoms with van der Waals surface area (Å²) in [6.45, 7) is 5.04. The van der Waals surface area contributed by atoms with Crippen LogP contribution in [0.4, 0.5) is 0 Å².